The molecule has 7 nitrogen and oxygen atoms in total. The van der Waals surface area contributed by atoms with Crippen molar-refractivity contribution in [2.45, 2.75) is 11.7 Å². The molecule has 176 valence electrons. The van der Waals surface area contributed by atoms with Gasteiger partial charge >= 0.3 is 0 Å². The molecule has 5 rings (SSSR count). The van der Waals surface area contributed by atoms with Crippen LogP contribution in [0, 0.1) is 5.82 Å². The van der Waals surface area contributed by atoms with Gasteiger partial charge in [-0.15, -0.1) is 0 Å². The predicted octanol–water partition coefficient (Wildman–Crippen LogP) is 5.07. The van der Waals surface area contributed by atoms with Crippen LogP contribution in [-0.2, 0) is 11.3 Å². The predicted molar refractivity (Wildman–Crippen MR) is 134 cm³/mol. The fourth-order valence-corrected chi connectivity index (χ4v) is 4.58. The fourth-order valence-electron chi connectivity index (χ4n) is 3.79. The highest BCUT2D eigenvalue weighted by Gasteiger charge is 2.20. The van der Waals surface area contributed by atoms with E-state index in [0.717, 1.165) is 17.3 Å². The second-order valence-electron chi connectivity index (χ2n) is 7.69. The summed E-state index contributed by atoms with van der Waals surface area (Å²) >= 11 is 1.09. The zero-order chi connectivity index (χ0) is 24.4. The van der Waals surface area contributed by atoms with Gasteiger partial charge < -0.3 is 14.5 Å². The number of furan rings is 1. The number of rotatable bonds is 7. The molecule has 0 spiro atoms. The molecule has 0 aliphatic rings. The van der Waals surface area contributed by atoms with E-state index < -0.39 is 11.7 Å². The summed E-state index contributed by atoms with van der Waals surface area (Å²) in [5.41, 5.74) is 1.62. The van der Waals surface area contributed by atoms with Gasteiger partial charge in [-0.3, -0.25) is 14.2 Å². The maximum Gasteiger partial charge on any atom is 0.298 e. The molecule has 0 atom stereocenters. The van der Waals surface area contributed by atoms with Gasteiger partial charge in [0, 0.05) is 10.9 Å². The van der Waals surface area contributed by atoms with Gasteiger partial charge in [0.15, 0.2) is 5.16 Å². The maximum atomic E-state index is 13.9. The highest BCUT2D eigenvalue weighted by Crippen LogP contribution is 2.28. The Labute approximate surface area is 203 Å². The molecule has 0 bridgehead atoms. The average molecular weight is 490 g/mol. The van der Waals surface area contributed by atoms with E-state index in [9.17, 15) is 14.0 Å². The van der Waals surface area contributed by atoms with E-state index >= 15 is 0 Å². The van der Waals surface area contributed by atoms with Crippen molar-refractivity contribution in [1.29, 1.82) is 0 Å². The number of ether oxygens (including phenoxy) is 1. The first-order chi connectivity index (χ1) is 17.0. The Balaban J connectivity index is 1.54. The van der Waals surface area contributed by atoms with E-state index in [0.29, 0.717) is 27.4 Å². The fraction of sp³-hybridized carbons (Fsp3) is 0.115. The number of halogens is 1. The smallest absolute Gasteiger partial charge is 0.298 e. The Bertz CT molecular complexity index is 1610. The highest BCUT2D eigenvalue weighted by atomic mass is 32.2. The third-order valence-electron chi connectivity index (χ3n) is 5.45. The molecule has 9 heteroatoms. The summed E-state index contributed by atoms with van der Waals surface area (Å²) in [5.74, 6) is -0.399. The van der Waals surface area contributed by atoms with E-state index in [4.69, 9.17) is 14.1 Å². The molecular weight excluding hydrogens is 469 g/mol. The number of hydrogen-bond acceptors (Lipinski definition) is 6. The molecule has 0 unspecified atom stereocenters. The van der Waals surface area contributed by atoms with Gasteiger partial charge in [-0.05, 0) is 30.3 Å². The molecule has 35 heavy (non-hydrogen) atoms. The normalized spacial score (nSPS) is 11.1. The van der Waals surface area contributed by atoms with Crippen LogP contribution in [0.4, 0.5) is 10.1 Å². The average Bonchev–Trinajstić information content (AvgIpc) is 3.25. The maximum absolute atomic E-state index is 13.9. The molecule has 0 aliphatic heterocycles. The van der Waals surface area contributed by atoms with E-state index in [2.05, 4.69) is 5.32 Å². The van der Waals surface area contributed by atoms with Crippen LogP contribution in [-0.4, -0.2) is 28.3 Å². The first-order valence-corrected chi connectivity index (χ1v) is 11.7. The summed E-state index contributed by atoms with van der Waals surface area (Å²) in [6.45, 7) is 0.167. The highest BCUT2D eigenvalue weighted by molar-refractivity contribution is 7.99. The molecule has 0 radical (unpaired) electrons. The third kappa shape index (κ3) is 4.50. The van der Waals surface area contributed by atoms with Crippen LogP contribution in [0.3, 0.4) is 0 Å². The second kappa shape index (κ2) is 9.63. The number of nitrogens with one attached hydrogen (secondary N) is 1. The van der Waals surface area contributed by atoms with Crippen molar-refractivity contribution in [3.8, 4) is 5.75 Å². The number of hydrogen-bond donors (Lipinski definition) is 1. The van der Waals surface area contributed by atoms with Crippen LogP contribution < -0.4 is 15.6 Å². The van der Waals surface area contributed by atoms with Gasteiger partial charge in [-0.2, -0.15) is 0 Å². The number of thioether (sulfide) groups is 1. The number of anilines is 1. The van der Waals surface area contributed by atoms with Crippen molar-refractivity contribution in [2.24, 2.45) is 0 Å². The number of nitrogens with zero attached hydrogens (tertiary/aromatic N) is 2. The number of para-hydroxylation sites is 3. The van der Waals surface area contributed by atoms with Crippen molar-refractivity contribution in [2.75, 3.05) is 18.2 Å². The van der Waals surface area contributed by atoms with E-state index in [1.54, 1.807) is 25.3 Å². The molecule has 3 aromatic carbocycles. The van der Waals surface area contributed by atoms with Gasteiger partial charge in [0.05, 0.1) is 25.1 Å². The second-order valence-corrected chi connectivity index (χ2v) is 8.63. The Hall–Kier alpha value is -4.11. The lowest BCUT2D eigenvalue weighted by Gasteiger charge is -2.14. The molecular formula is C26H20FN3O4S. The Morgan fingerprint density at radius 3 is 2.66 bits per heavy atom. The monoisotopic (exact) mass is 489 g/mol. The summed E-state index contributed by atoms with van der Waals surface area (Å²) in [7, 11) is 1.56. The molecule has 0 saturated heterocycles. The zero-order valence-corrected chi connectivity index (χ0v) is 19.5. The van der Waals surface area contributed by atoms with E-state index in [-0.39, 0.29) is 29.1 Å². The van der Waals surface area contributed by atoms with Crippen molar-refractivity contribution >= 4 is 45.4 Å². The Morgan fingerprint density at radius 1 is 1.09 bits per heavy atom. The van der Waals surface area contributed by atoms with Gasteiger partial charge in [-0.25, -0.2) is 9.37 Å². The first kappa shape index (κ1) is 22.7. The van der Waals surface area contributed by atoms with Crippen LogP contribution in [0.1, 0.15) is 5.56 Å². The van der Waals surface area contributed by atoms with Crippen molar-refractivity contribution in [1.82, 2.24) is 9.55 Å². The van der Waals surface area contributed by atoms with E-state index in [1.807, 2.05) is 42.5 Å². The molecule has 0 saturated carbocycles. The Kier molecular flexibility index (Phi) is 6.24. The molecule has 5 aromatic rings. The molecule has 1 amide bonds. The first-order valence-electron chi connectivity index (χ1n) is 10.8. The van der Waals surface area contributed by atoms with Crippen LogP contribution in [0.15, 0.2) is 87.2 Å². The number of benzene rings is 3. The minimum absolute atomic E-state index is 0.0754. The number of aromatic nitrogens is 2. The quantitative estimate of drug-likeness (QED) is 0.254. The van der Waals surface area contributed by atoms with Gasteiger partial charge in [0.25, 0.3) is 5.56 Å². The summed E-state index contributed by atoms with van der Waals surface area (Å²) < 4.78 is 26.7. The summed E-state index contributed by atoms with van der Waals surface area (Å²) in [6, 6.07) is 20.6. The molecule has 2 aromatic heterocycles. The summed E-state index contributed by atoms with van der Waals surface area (Å²) in [5, 5.41) is 3.60. The number of fused-ring (bicyclic) bond motifs is 3. The number of methoxy groups -OCH3 is 1. The molecule has 2 heterocycles. The standard InChI is InChI=1S/C26H20FN3O4S/c1-33-20-12-6-2-8-16(20)14-30-25(32)24-23(17-9-3-7-13-21(17)34-24)29-26(30)35-15-22(31)28-19-11-5-4-10-18(19)27/h2-13H,14-15H2,1H3,(H,28,31). The van der Waals surface area contributed by atoms with Crippen molar-refractivity contribution in [3.05, 3.63) is 94.5 Å². The van der Waals surface area contributed by atoms with Crippen molar-refractivity contribution in [3.63, 3.8) is 0 Å². The minimum Gasteiger partial charge on any atom is -0.496 e. The largest absolute Gasteiger partial charge is 0.496 e. The van der Waals surface area contributed by atoms with Gasteiger partial charge in [0.2, 0.25) is 11.5 Å². The van der Waals surface area contributed by atoms with Crippen LogP contribution >= 0.6 is 11.8 Å². The zero-order valence-electron chi connectivity index (χ0n) is 18.7. The van der Waals surface area contributed by atoms with Crippen LogP contribution in [0.5, 0.6) is 5.75 Å². The van der Waals surface area contributed by atoms with Crippen molar-refractivity contribution < 1.29 is 18.3 Å². The lowest BCUT2D eigenvalue weighted by atomic mass is 10.2. The van der Waals surface area contributed by atoms with Crippen LogP contribution in [0.2, 0.25) is 0 Å². The SMILES string of the molecule is COc1ccccc1Cn1c(SCC(=O)Nc2ccccc2F)nc2c(oc3ccccc32)c1=O. The lowest BCUT2D eigenvalue weighted by Crippen LogP contribution is -2.24. The summed E-state index contributed by atoms with van der Waals surface area (Å²) in [6.07, 6.45) is 0. The Morgan fingerprint density at radius 2 is 1.83 bits per heavy atom. The molecule has 0 aliphatic carbocycles. The lowest BCUT2D eigenvalue weighted by molar-refractivity contribution is -0.113. The molecule has 1 N–H and O–H groups in total. The topological polar surface area (TPSA) is 86.4 Å². The molecule has 0 fully saturated rings. The number of carbonyl (C=O) groups is 1. The van der Waals surface area contributed by atoms with E-state index in [1.165, 1.54) is 16.7 Å². The van der Waals surface area contributed by atoms with Crippen LogP contribution in [0.25, 0.3) is 22.1 Å². The van der Waals surface area contributed by atoms with Gasteiger partial charge in [0.1, 0.15) is 22.7 Å². The van der Waals surface area contributed by atoms with Gasteiger partial charge in [-0.1, -0.05) is 54.2 Å². The number of amides is 1. The minimum atomic E-state index is -0.525. The third-order valence-corrected chi connectivity index (χ3v) is 6.42. The number of carbonyl (C=O) groups excluding carboxylic acids is 1. The summed E-state index contributed by atoms with van der Waals surface area (Å²) in [4.78, 5) is 30.8.